The molecule has 0 unspecified atom stereocenters. The number of halogens is 1. The number of anilines is 1. The number of aromatic nitrogens is 7. The largest absolute Gasteiger partial charge is 0.458 e. The van der Waals surface area contributed by atoms with E-state index in [1.807, 2.05) is 38.1 Å². The number of benzene rings is 1. The van der Waals surface area contributed by atoms with Crippen molar-refractivity contribution in [2.45, 2.75) is 33.3 Å². The molecule has 166 valence electrons. The molecule has 1 amide bonds. The molecule has 0 aliphatic carbocycles. The molecule has 3 aromatic heterocycles. The third-order valence-electron chi connectivity index (χ3n) is 5.17. The maximum absolute atomic E-state index is 12.4. The molecule has 1 aromatic carbocycles. The first kappa shape index (κ1) is 21.7. The van der Waals surface area contributed by atoms with Crippen LogP contribution in [0, 0.1) is 5.92 Å². The lowest BCUT2D eigenvalue weighted by atomic mass is 10.0. The topological polar surface area (TPSA) is 113 Å². The number of aryl methyl sites for hydroxylation is 1. The number of tetrazole rings is 1. The zero-order valence-corrected chi connectivity index (χ0v) is 18.7. The average molecular weight is 455 g/mol. The van der Waals surface area contributed by atoms with Gasteiger partial charge in [0.1, 0.15) is 17.9 Å². The monoisotopic (exact) mass is 454 g/mol. The molecule has 1 N–H and O–H groups in total. The van der Waals surface area contributed by atoms with E-state index in [-0.39, 0.29) is 24.4 Å². The summed E-state index contributed by atoms with van der Waals surface area (Å²) < 4.78 is 9.21. The minimum Gasteiger partial charge on any atom is -0.458 e. The summed E-state index contributed by atoms with van der Waals surface area (Å²) in [6.45, 7) is 4.12. The Balaban J connectivity index is 1.60. The molecule has 0 saturated carbocycles. The summed E-state index contributed by atoms with van der Waals surface area (Å²) in [6.07, 6.45) is 1.56. The Morgan fingerprint density at radius 2 is 1.94 bits per heavy atom. The highest BCUT2D eigenvalue weighted by atomic mass is 35.5. The highest BCUT2D eigenvalue weighted by Gasteiger charge is 2.20. The van der Waals surface area contributed by atoms with Gasteiger partial charge in [-0.15, -0.1) is 0 Å². The summed E-state index contributed by atoms with van der Waals surface area (Å²) in [4.78, 5) is 21.4. The smallest absolute Gasteiger partial charge is 0.305 e. The summed E-state index contributed by atoms with van der Waals surface area (Å²) in [6, 6.07) is 11.1. The normalized spacial score (nSPS) is 11.3. The lowest BCUT2D eigenvalue weighted by Gasteiger charge is -2.13. The number of carbonyl (C=O) groups excluding carboxylic acids is 1. The maximum Gasteiger partial charge on any atom is 0.305 e. The summed E-state index contributed by atoms with van der Waals surface area (Å²) in [5, 5.41) is 15.0. The van der Waals surface area contributed by atoms with Crippen LogP contribution in [-0.4, -0.2) is 40.6 Å². The van der Waals surface area contributed by atoms with Gasteiger partial charge >= 0.3 is 6.01 Å². The van der Waals surface area contributed by atoms with Crippen molar-refractivity contribution in [1.82, 2.24) is 34.7 Å². The van der Waals surface area contributed by atoms with Crippen LogP contribution in [0.2, 0.25) is 5.02 Å². The molecular weight excluding hydrogens is 432 g/mol. The Hall–Kier alpha value is -3.53. The molecule has 0 radical (unpaired) electrons. The molecule has 0 saturated heterocycles. The van der Waals surface area contributed by atoms with E-state index in [4.69, 9.17) is 16.3 Å². The van der Waals surface area contributed by atoms with Crippen molar-refractivity contribution in [1.29, 1.82) is 0 Å². The van der Waals surface area contributed by atoms with E-state index < -0.39 is 0 Å². The van der Waals surface area contributed by atoms with E-state index in [2.05, 4.69) is 30.8 Å². The quantitative estimate of drug-likeness (QED) is 0.433. The molecule has 3 heterocycles. The molecule has 0 atom stereocenters. The molecule has 4 rings (SSSR count). The Morgan fingerprint density at radius 3 is 2.66 bits per heavy atom. The first-order valence-electron chi connectivity index (χ1n) is 10.3. The number of carbonyl (C=O) groups is 1. The summed E-state index contributed by atoms with van der Waals surface area (Å²) in [7, 11) is 1.73. The van der Waals surface area contributed by atoms with Crippen molar-refractivity contribution >= 4 is 34.4 Å². The number of nitrogens with one attached hydrogen (secondary N) is 1. The number of hydrogen-bond donors (Lipinski definition) is 1. The van der Waals surface area contributed by atoms with Crippen LogP contribution in [0.4, 0.5) is 5.82 Å². The third-order valence-corrected chi connectivity index (χ3v) is 5.47. The van der Waals surface area contributed by atoms with Crippen LogP contribution in [0.1, 0.15) is 32.4 Å². The highest BCUT2D eigenvalue weighted by molar-refractivity contribution is 6.35. The zero-order chi connectivity index (χ0) is 22.7. The maximum atomic E-state index is 12.4. The van der Waals surface area contributed by atoms with E-state index >= 15 is 0 Å². The second kappa shape index (κ2) is 9.31. The van der Waals surface area contributed by atoms with Crippen LogP contribution in [-0.2, 0) is 18.4 Å². The molecule has 10 nitrogen and oxygen atoms in total. The van der Waals surface area contributed by atoms with Crippen molar-refractivity contribution in [3.63, 3.8) is 0 Å². The number of ether oxygens (including phenoxy) is 1. The molecule has 4 aromatic rings. The third kappa shape index (κ3) is 4.26. The lowest BCUT2D eigenvalue weighted by molar-refractivity contribution is -0.120. The van der Waals surface area contributed by atoms with E-state index in [1.54, 1.807) is 23.7 Å². The van der Waals surface area contributed by atoms with Gasteiger partial charge in [0.2, 0.25) is 5.91 Å². The van der Waals surface area contributed by atoms with E-state index in [1.165, 1.54) is 4.68 Å². The summed E-state index contributed by atoms with van der Waals surface area (Å²) in [5.41, 5.74) is 1.92. The number of fused-ring (bicyclic) bond motifs is 1. The molecule has 0 spiro atoms. The number of imidazole rings is 1. The second-order valence-corrected chi connectivity index (χ2v) is 7.65. The van der Waals surface area contributed by atoms with Gasteiger partial charge in [0.05, 0.1) is 16.2 Å². The van der Waals surface area contributed by atoms with Gasteiger partial charge in [-0.25, -0.2) is 14.2 Å². The van der Waals surface area contributed by atoms with Crippen LogP contribution in [0.25, 0.3) is 17.0 Å². The van der Waals surface area contributed by atoms with E-state index in [0.29, 0.717) is 33.5 Å². The molecule has 0 aliphatic heterocycles. The van der Waals surface area contributed by atoms with Crippen LogP contribution in [0.15, 0.2) is 36.4 Å². The van der Waals surface area contributed by atoms with Crippen LogP contribution < -0.4 is 10.1 Å². The first-order chi connectivity index (χ1) is 15.5. The van der Waals surface area contributed by atoms with Gasteiger partial charge in [0.15, 0.2) is 0 Å². The van der Waals surface area contributed by atoms with Crippen LogP contribution in [0.3, 0.4) is 0 Å². The molecule has 11 heteroatoms. The Morgan fingerprint density at radius 1 is 1.16 bits per heavy atom. The number of rotatable bonds is 8. The molecule has 32 heavy (non-hydrogen) atoms. The zero-order valence-electron chi connectivity index (χ0n) is 18.0. The SMILES string of the molecule is CCC(CC)C(=O)Nc1cccc(COc2nc3c(Cl)cccc3n2-c2nnnn2C)n1. The number of para-hydroxylation sites is 1. The molecule has 0 aliphatic rings. The van der Waals surface area contributed by atoms with Gasteiger partial charge in [-0.2, -0.15) is 4.98 Å². The van der Waals surface area contributed by atoms with Crippen molar-refractivity contribution in [3.8, 4) is 12.0 Å². The van der Waals surface area contributed by atoms with Crippen molar-refractivity contribution < 1.29 is 9.53 Å². The number of nitrogens with zero attached hydrogens (tertiary/aromatic N) is 7. The fraction of sp³-hybridized carbons (Fsp3) is 0.333. The predicted octanol–water partition coefficient (Wildman–Crippen LogP) is 3.55. The van der Waals surface area contributed by atoms with Crippen molar-refractivity contribution in [2.75, 3.05) is 5.32 Å². The van der Waals surface area contributed by atoms with Crippen LogP contribution in [0.5, 0.6) is 6.01 Å². The Kier molecular flexibility index (Phi) is 6.31. The van der Waals surface area contributed by atoms with Gasteiger partial charge < -0.3 is 10.1 Å². The lowest BCUT2D eigenvalue weighted by Crippen LogP contribution is -2.22. The van der Waals surface area contributed by atoms with Gasteiger partial charge in [0, 0.05) is 13.0 Å². The fourth-order valence-corrected chi connectivity index (χ4v) is 3.62. The average Bonchev–Trinajstić information content (AvgIpc) is 3.37. The Bertz CT molecular complexity index is 1250. The highest BCUT2D eigenvalue weighted by Crippen LogP contribution is 2.29. The summed E-state index contributed by atoms with van der Waals surface area (Å²) >= 11 is 6.34. The predicted molar refractivity (Wildman–Crippen MR) is 120 cm³/mol. The van der Waals surface area contributed by atoms with Gasteiger partial charge in [-0.1, -0.05) is 42.7 Å². The number of amides is 1. The van der Waals surface area contributed by atoms with E-state index in [0.717, 1.165) is 12.8 Å². The van der Waals surface area contributed by atoms with Crippen LogP contribution >= 0.6 is 11.6 Å². The molecular formula is C21H23ClN8O2. The minimum atomic E-state index is -0.0404. The van der Waals surface area contributed by atoms with Gasteiger partial charge in [-0.05, 0) is 47.5 Å². The molecule has 0 bridgehead atoms. The van der Waals surface area contributed by atoms with Crippen molar-refractivity contribution in [2.24, 2.45) is 13.0 Å². The van der Waals surface area contributed by atoms with Crippen molar-refractivity contribution in [3.05, 3.63) is 47.1 Å². The van der Waals surface area contributed by atoms with Gasteiger partial charge in [0.25, 0.3) is 5.95 Å². The molecule has 0 fully saturated rings. The fourth-order valence-electron chi connectivity index (χ4n) is 3.40. The van der Waals surface area contributed by atoms with Gasteiger partial charge in [-0.3, -0.25) is 4.79 Å². The van der Waals surface area contributed by atoms with E-state index in [9.17, 15) is 4.79 Å². The second-order valence-electron chi connectivity index (χ2n) is 7.25. The minimum absolute atomic E-state index is 0.0354. The standard InChI is InChI=1S/C21H23ClN8O2/c1-4-13(5-2)19(31)24-17-11-6-8-14(23-17)12-32-21-25-18-15(22)9-7-10-16(18)30(21)20-26-27-28-29(20)3/h6-11,13H,4-5,12H2,1-3H3,(H,23,24,31). The first-order valence-corrected chi connectivity index (χ1v) is 10.7. The number of pyridine rings is 1. The summed E-state index contributed by atoms with van der Waals surface area (Å²) in [5.74, 6) is 0.842. The number of hydrogen-bond acceptors (Lipinski definition) is 7. The Labute approximate surface area is 189 Å².